The van der Waals surface area contributed by atoms with Crippen LogP contribution >= 0.6 is 46.4 Å². The summed E-state index contributed by atoms with van der Waals surface area (Å²) in [7, 11) is 0. The Morgan fingerprint density at radius 3 is 1.94 bits per heavy atom. The van der Waals surface area contributed by atoms with Crippen LogP contribution in [0.3, 0.4) is 0 Å². The number of hydrogen-bond acceptors (Lipinski definition) is 3. The summed E-state index contributed by atoms with van der Waals surface area (Å²) < 4.78 is 0. The van der Waals surface area contributed by atoms with Crippen LogP contribution in [0.4, 0.5) is 11.6 Å². The van der Waals surface area contributed by atoms with Gasteiger partial charge in [0.2, 0.25) is 0 Å². The minimum absolute atomic E-state index is 0.0297. The smallest absolute Gasteiger partial charge is 0.185 e. The molecule has 4 nitrogen and oxygen atoms in total. The van der Waals surface area contributed by atoms with Crippen LogP contribution in [0.5, 0.6) is 0 Å². The highest BCUT2D eigenvalue weighted by molar-refractivity contribution is 6.56. The number of fused-ring (bicyclic) bond motifs is 1. The number of H-pyrrole nitrogens is 1. The van der Waals surface area contributed by atoms with Gasteiger partial charge >= 0.3 is 0 Å². The summed E-state index contributed by atoms with van der Waals surface area (Å²) in [5, 5.41) is 3.75. The number of nitrogens with two attached hydrogens (primary N) is 1. The van der Waals surface area contributed by atoms with Crippen molar-refractivity contribution >= 4 is 68.8 Å². The molecule has 84 valence electrons. The minimum atomic E-state index is -0.0297. The second kappa shape index (κ2) is 3.96. The molecule has 0 saturated carbocycles. The fourth-order valence-electron chi connectivity index (χ4n) is 1.43. The number of aromatic nitrogens is 1. The summed E-state index contributed by atoms with van der Waals surface area (Å²) in [4.78, 5) is 13.1. The minimum Gasteiger partial charge on any atom is -0.385 e. The molecule has 0 fully saturated rings. The predicted octanol–water partition coefficient (Wildman–Crippen LogP) is 4.76. The zero-order chi connectivity index (χ0) is 12.0. The number of aromatic amines is 1. The number of benzene rings is 1. The van der Waals surface area contributed by atoms with Crippen molar-refractivity contribution < 1.29 is 0 Å². The average Bonchev–Trinajstić information content (AvgIpc) is 2.60. The molecule has 2 rings (SSSR count). The van der Waals surface area contributed by atoms with E-state index in [4.69, 9.17) is 52.1 Å². The van der Waals surface area contributed by atoms with Crippen molar-refractivity contribution in [1.29, 1.82) is 0 Å². The van der Waals surface area contributed by atoms with E-state index in [2.05, 4.69) is 10.2 Å². The maximum Gasteiger partial charge on any atom is 0.185 e. The summed E-state index contributed by atoms with van der Waals surface area (Å²) >= 11 is 23.6. The van der Waals surface area contributed by atoms with Gasteiger partial charge in [-0.05, 0) is 5.18 Å². The van der Waals surface area contributed by atoms with Crippen LogP contribution in [0.15, 0.2) is 5.18 Å². The molecule has 1 aromatic carbocycles. The lowest BCUT2D eigenvalue weighted by atomic mass is 10.2. The largest absolute Gasteiger partial charge is 0.385 e. The van der Waals surface area contributed by atoms with E-state index in [1.807, 2.05) is 0 Å². The Bertz CT molecular complexity index is 607. The van der Waals surface area contributed by atoms with Crippen molar-refractivity contribution in [2.45, 2.75) is 0 Å². The van der Waals surface area contributed by atoms with E-state index in [0.29, 0.717) is 5.39 Å². The first-order chi connectivity index (χ1) is 7.49. The molecule has 16 heavy (non-hydrogen) atoms. The molecule has 0 atom stereocenters. The SMILES string of the molecule is Nc1[nH]c(N=O)c2c(Cl)c(Cl)c(Cl)c(Cl)c12. The molecular formula is C8H3Cl4N3O. The molecule has 8 heteroatoms. The number of nitrogens with zero attached hydrogens (tertiary/aromatic N) is 1. The van der Waals surface area contributed by atoms with Gasteiger partial charge in [0.1, 0.15) is 5.82 Å². The lowest BCUT2D eigenvalue weighted by Gasteiger charge is -2.04. The lowest BCUT2D eigenvalue weighted by molar-refractivity contribution is 1.34. The van der Waals surface area contributed by atoms with Gasteiger partial charge in [-0.3, -0.25) is 0 Å². The Labute approximate surface area is 110 Å². The average molecular weight is 299 g/mol. The summed E-state index contributed by atoms with van der Waals surface area (Å²) in [5.41, 5.74) is 5.64. The van der Waals surface area contributed by atoms with Crippen LogP contribution in [0.2, 0.25) is 20.1 Å². The number of nitroso groups, excluding NO2 is 1. The Balaban J connectivity index is 3.10. The molecule has 0 saturated heterocycles. The molecular weight excluding hydrogens is 296 g/mol. The molecule has 0 aliphatic rings. The van der Waals surface area contributed by atoms with Crippen molar-refractivity contribution in [3.8, 4) is 0 Å². The van der Waals surface area contributed by atoms with Gasteiger partial charge in [0.15, 0.2) is 5.82 Å². The van der Waals surface area contributed by atoms with Gasteiger partial charge in [-0.25, -0.2) is 0 Å². The third-order valence-electron chi connectivity index (χ3n) is 2.12. The monoisotopic (exact) mass is 297 g/mol. The first-order valence-electron chi connectivity index (χ1n) is 3.95. The highest BCUT2D eigenvalue weighted by Gasteiger charge is 2.21. The van der Waals surface area contributed by atoms with Crippen LogP contribution in [0, 0.1) is 4.91 Å². The van der Waals surface area contributed by atoms with Gasteiger partial charge in [-0.1, -0.05) is 46.4 Å². The highest BCUT2D eigenvalue weighted by atomic mass is 35.5. The molecule has 0 bridgehead atoms. The summed E-state index contributed by atoms with van der Waals surface area (Å²) in [6.45, 7) is 0. The van der Waals surface area contributed by atoms with Crippen LogP contribution < -0.4 is 5.73 Å². The third-order valence-corrected chi connectivity index (χ3v) is 3.92. The molecule has 0 aliphatic carbocycles. The quantitative estimate of drug-likeness (QED) is 0.452. The predicted molar refractivity (Wildman–Crippen MR) is 68.2 cm³/mol. The fourth-order valence-corrected chi connectivity index (χ4v) is 2.47. The van der Waals surface area contributed by atoms with Gasteiger partial charge in [0.25, 0.3) is 0 Å². The number of halogens is 4. The number of anilines is 1. The molecule has 1 aromatic heterocycles. The summed E-state index contributed by atoms with van der Waals surface area (Å²) in [5.74, 6) is 0.132. The van der Waals surface area contributed by atoms with Crippen LogP contribution in [-0.2, 0) is 0 Å². The first kappa shape index (κ1) is 11.8. The highest BCUT2D eigenvalue weighted by Crippen LogP contribution is 2.48. The molecule has 0 unspecified atom stereocenters. The summed E-state index contributed by atoms with van der Waals surface area (Å²) in [6.07, 6.45) is 0. The summed E-state index contributed by atoms with van der Waals surface area (Å²) in [6, 6.07) is 0. The van der Waals surface area contributed by atoms with Crippen LogP contribution in [0.25, 0.3) is 10.8 Å². The molecule has 0 amide bonds. The molecule has 0 spiro atoms. The number of hydrogen-bond donors (Lipinski definition) is 2. The van der Waals surface area contributed by atoms with Crippen molar-refractivity contribution in [2.24, 2.45) is 5.18 Å². The molecule has 1 heterocycles. The lowest BCUT2D eigenvalue weighted by Crippen LogP contribution is -1.85. The van der Waals surface area contributed by atoms with Gasteiger partial charge in [0, 0.05) is 5.39 Å². The number of nitrogen functional groups attached to an aromatic ring is 1. The maximum atomic E-state index is 10.6. The second-order valence-corrected chi connectivity index (χ2v) is 4.50. The van der Waals surface area contributed by atoms with Gasteiger partial charge in [-0.2, -0.15) is 0 Å². The van der Waals surface area contributed by atoms with Gasteiger partial charge < -0.3 is 10.7 Å². The van der Waals surface area contributed by atoms with Gasteiger partial charge in [0.05, 0.1) is 25.5 Å². The standard InChI is InChI=1S/C8H3Cl4N3O/c9-3-1-2(4(10)6(12)5(3)11)8(15-16)14-7(1)13/h14H,13H2. The van der Waals surface area contributed by atoms with E-state index < -0.39 is 0 Å². The van der Waals surface area contributed by atoms with E-state index in [9.17, 15) is 4.91 Å². The zero-order valence-electron chi connectivity index (χ0n) is 7.44. The normalized spacial score (nSPS) is 11.0. The Hall–Kier alpha value is -0.680. The molecule has 0 radical (unpaired) electrons. The number of nitrogens with one attached hydrogen (secondary N) is 1. The number of rotatable bonds is 1. The Morgan fingerprint density at radius 2 is 1.44 bits per heavy atom. The molecule has 3 N–H and O–H groups in total. The second-order valence-electron chi connectivity index (χ2n) is 2.98. The van der Waals surface area contributed by atoms with Crippen LogP contribution in [-0.4, -0.2) is 4.98 Å². The molecule has 2 aromatic rings. The zero-order valence-corrected chi connectivity index (χ0v) is 10.5. The van der Waals surface area contributed by atoms with Crippen molar-refractivity contribution in [3.05, 3.63) is 25.0 Å². The van der Waals surface area contributed by atoms with E-state index in [-0.39, 0.29) is 37.1 Å². The van der Waals surface area contributed by atoms with Gasteiger partial charge in [-0.15, -0.1) is 4.91 Å². The van der Waals surface area contributed by atoms with E-state index >= 15 is 0 Å². The first-order valence-corrected chi connectivity index (χ1v) is 5.46. The Morgan fingerprint density at radius 1 is 0.938 bits per heavy atom. The Kier molecular flexibility index (Phi) is 2.92. The van der Waals surface area contributed by atoms with Crippen molar-refractivity contribution in [1.82, 2.24) is 4.98 Å². The van der Waals surface area contributed by atoms with E-state index in [1.54, 1.807) is 0 Å². The van der Waals surface area contributed by atoms with Crippen LogP contribution in [0.1, 0.15) is 0 Å². The van der Waals surface area contributed by atoms with E-state index in [0.717, 1.165) is 0 Å². The topological polar surface area (TPSA) is 71.2 Å². The maximum absolute atomic E-state index is 10.6. The van der Waals surface area contributed by atoms with Crippen molar-refractivity contribution in [3.63, 3.8) is 0 Å². The van der Waals surface area contributed by atoms with Crippen molar-refractivity contribution in [2.75, 3.05) is 5.73 Å². The van der Waals surface area contributed by atoms with E-state index in [1.165, 1.54) is 0 Å². The third kappa shape index (κ3) is 1.45. The molecule has 0 aliphatic heterocycles. The fraction of sp³-hybridized carbons (Fsp3) is 0.